The Morgan fingerprint density at radius 1 is 1.27 bits per heavy atom. The molecule has 62 valence electrons. The van der Waals surface area contributed by atoms with Gasteiger partial charge in [0.15, 0.2) is 0 Å². The van der Waals surface area contributed by atoms with Gasteiger partial charge in [-0.1, -0.05) is 6.08 Å². The summed E-state index contributed by atoms with van der Waals surface area (Å²) in [4.78, 5) is 2.55. The van der Waals surface area contributed by atoms with Crippen LogP contribution in [0.1, 0.15) is 19.3 Å². The largest absolute Gasteiger partial charge is 0.299 e. The van der Waals surface area contributed by atoms with E-state index in [-0.39, 0.29) is 0 Å². The monoisotopic (exact) mass is 151 g/mol. The molecule has 11 heavy (non-hydrogen) atoms. The molecule has 0 aromatic rings. The number of likely N-dealkylation sites (tertiary alicyclic amines) is 1. The van der Waals surface area contributed by atoms with Crippen LogP contribution in [-0.2, 0) is 0 Å². The summed E-state index contributed by atoms with van der Waals surface area (Å²) in [5.41, 5.74) is 0. The predicted molar refractivity (Wildman–Crippen MR) is 47.5 cm³/mol. The van der Waals surface area contributed by atoms with Crippen LogP contribution in [0.25, 0.3) is 0 Å². The molecule has 1 saturated carbocycles. The Morgan fingerprint density at radius 3 is 2.45 bits per heavy atom. The maximum Gasteiger partial charge on any atom is 0.0160 e. The molecule has 0 aromatic carbocycles. The van der Waals surface area contributed by atoms with Crippen molar-refractivity contribution in [2.75, 3.05) is 19.6 Å². The minimum atomic E-state index is 1.02. The first-order valence-corrected chi connectivity index (χ1v) is 4.71. The molecule has 0 radical (unpaired) electrons. The zero-order chi connectivity index (χ0) is 7.68. The molecule has 2 fully saturated rings. The zero-order valence-corrected chi connectivity index (χ0v) is 7.13. The van der Waals surface area contributed by atoms with Gasteiger partial charge in [0.05, 0.1) is 0 Å². The number of piperidine rings is 1. The fraction of sp³-hybridized carbons (Fsp3) is 0.800. The van der Waals surface area contributed by atoms with Gasteiger partial charge in [-0.05, 0) is 31.1 Å². The highest BCUT2D eigenvalue weighted by molar-refractivity contribution is 4.87. The van der Waals surface area contributed by atoms with Crippen LogP contribution in [0.2, 0.25) is 0 Å². The Bertz CT molecular complexity index is 141. The second kappa shape index (κ2) is 2.98. The van der Waals surface area contributed by atoms with Crippen LogP contribution in [0.4, 0.5) is 0 Å². The minimum Gasteiger partial charge on any atom is -0.299 e. The van der Waals surface area contributed by atoms with Gasteiger partial charge < -0.3 is 0 Å². The van der Waals surface area contributed by atoms with Gasteiger partial charge in [0, 0.05) is 19.6 Å². The lowest BCUT2D eigenvalue weighted by Crippen LogP contribution is -2.36. The Morgan fingerprint density at radius 2 is 1.91 bits per heavy atom. The summed E-state index contributed by atoms with van der Waals surface area (Å²) in [5, 5.41) is 0. The highest BCUT2D eigenvalue weighted by Gasteiger charge is 2.31. The summed E-state index contributed by atoms with van der Waals surface area (Å²) >= 11 is 0. The van der Waals surface area contributed by atoms with E-state index in [4.69, 9.17) is 0 Å². The molecule has 2 bridgehead atoms. The summed E-state index contributed by atoms with van der Waals surface area (Å²) in [6, 6.07) is 0. The van der Waals surface area contributed by atoms with Gasteiger partial charge in [-0.2, -0.15) is 0 Å². The van der Waals surface area contributed by atoms with Crippen LogP contribution in [0.5, 0.6) is 0 Å². The fourth-order valence-electron chi connectivity index (χ4n) is 2.65. The second-order valence-corrected chi connectivity index (χ2v) is 4.05. The SMILES string of the molecule is C=CCN1CC2CCC(C2)C1. The third kappa shape index (κ3) is 1.48. The van der Waals surface area contributed by atoms with Gasteiger partial charge in [0.2, 0.25) is 0 Å². The van der Waals surface area contributed by atoms with Crippen LogP contribution in [0, 0.1) is 11.8 Å². The van der Waals surface area contributed by atoms with Crippen LogP contribution in [0.15, 0.2) is 12.7 Å². The Hall–Kier alpha value is -0.300. The average Bonchev–Trinajstić information content (AvgIpc) is 2.32. The van der Waals surface area contributed by atoms with E-state index >= 15 is 0 Å². The molecule has 1 heteroatoms. The smallest absolute Gasteiger partial charge is 0.0160 e. The first-order chi connectivity index (χ1) is 5.38. The highest BCUT2D eigenvalue weighted by Crippen LogP contribution is 2.35. The van der Waals surface area contributed by atoms with Crippen molar-refractivity contribution < 1.29 is 0 Å². The molecule has 2 unspecified atom stereocenters. The summed E-state index contributed by atoms with van der Waals surface area (Å²) in [7, 11) is 0. The molecular formula is C10H17N. The normalized spacial score (nSPS) is 37.5. The van der Waals surface area contributed by atoms with Gasteiger partial charge in [0.1, 0.15) is 0 Å². The standard InChI is InChI=1S/C10H17N/c1-2-5-11-7-9-3-4-10(6-9)8-11/h2,9-10H,1,3-8H2. The van der Waals surface area contributed by atoms with E-state index in [1.165, 1.54) is 32.4 Å². The van der Waals surface area contributed by atoms with Crippen molar-refractivity contribution in [1.82, 2.24) is 4.90 Å². The molecule has 0 amide bonds. The van der Waals surface area contributed by atoms with Gasteiger partial charge in [0.25, 0.3) is 0 Å². The van der Waals surface area contributed by atoms with Crippen molar-refractivity contribution in [3.63, 3.8) is 0 Å². The maximum atomic E-state index is 3.78. The van der Waals surface area contributed by atoms with Crippen molar-refractivity contribution in [2.45, 2.75) is 19.3 Å². The molecule has 1 aliphatic carbocycles. The van der Waals surface area contributed by atoms with Crippen molar-refractivity contribution >= 4 is 0 Å². The fourth-order valence-corrected chi connectivity index (χ4v) is 2.65. The van der Waals surface area contributed by atoms with Crippen LogP contribution in [-0.4, -0.2) is 24.5 Å². The molecule has 2 aliphatic rings. The Balaban J connectivity index is 1.91. The number of rotatable bonds is 2. The van der Waals surface area contributed by atoms with E-state index in [9.17, 15) is 0 Å². The van der Waals surface area contributed by atoms with E-state index in [0.29, 0.717) is 0 Å². The highest BCUT2D eigenvalue weighted by atomic mass is 15.1. The number of hydrogen-bond acceptors (Lipinski definition) is 1. The maximum absolute atomic E-state index is 3.78. The molecule has 2 rings (SSSR count). The summed E-state index contributed by atoms with van der Waals surface area (Å²) in [6.45, 7) is 7.56. The van der Waals surface area contributed by atoms with Crippen molar-refractivity contribution in [1.29, 1.82) is 0 Å². The van der Waals surface area contributed by atoms with E-state index in [0.717, 1.165) is 18.4 Å². The predicted octanol–water partition coefficient (Wildman–Crippen LogP) is 1.90. The summed E-state index contributed by atoms with van der Waals surface area (Å²) < 4.78 is 0. The number of hydrogen-bond donors (Lipinski definition) is 0. The third-order valence-electron chi connectivity index (χ3n) is 3.07. The van der Waals surface area contributed by atoms with E-state index in [1.54, 1.807) is 0 Å². The van der Waals surface area contributed by atoms with Crippen LogP contribution >= 0.6 is 0 Å². The van der Waals surface area contributed by atoms with E-state index in [2.05, 4.69) is 11.5 Å². The van der Waals surface area contributed by atoms with E-state index < -0.39 is 0 Å². The first-order valence-electron chi connectivity index (χ1n) is 4.71. The van der Waals surface area contributed by atoms with Crippen molar-refractivity contribution in [3.05, 3.63) is 12.7 Å². The lowest BCUT2D eigenvalue weighted by Gasteiger charge is -2.30. The molecule has 1 heterocycles. The Labute approximate surface area is 69.1 Å². The molecule has 1 saturated heterocycles. The molecule has 2 atom stereocenters. The lowest BCUT2D eigenvalue weighted by atomic mass is 9.99. The van der Waals surface area contributed by atoms with Crippen molar-refractivity contribution in [2.24, 2.45) is 11.8 Å². The average molecular weight is 151 g/mol. The van der Waals surface area contributed by atoms with Gasteiger partial charge in [-0.25, -0.2) is 0 Å². The summed E-state index contributed by atoms with van der Waals surface area (Å²) in [6.07, 6.45) is 6.51. The number of fused-ring (bicyclic) bond motifs is 2. The van der Waals surface area contributed by atoms with Crippen LogP contribution < -0.4 is 0 Å². The molecule has 0 N–H and O–H groups in total. The van der Waals surface area contributed by atoms with Gasteiger partial charge in [-0.3, -0.25) is 4.90 Å². The number of nitrogens with zero attached hydrogens (tertiary/aromatic N) is 1. The summed E-state index contributed by atoms with van der Waals surface area (Å²) in [5.74, 6) is 2.04. The van der Waals surface area contributed by atoms with Crippen molar-refractivity contribution in [3.8, 4) is 0 Å². The third-order valence-corrected chi connectivity index (χ3v) is 3.07. The molecule has 1 nitrogen and oxygen atoms in total. The first kappa shape index (κ1) is 7.35. The molecule has 0 spiro atoms. The van der Waals surface area contributed by atoms with Crippen LogP contribution in [0.3, 0.4) is 0 Å². The molecular weight excluding hydrogens is 134 g/mol. The molecule has 0 aromatic heterocycles. The Kier molecular flexibility index (Phi) is 1.99. The zero-order valence-electron chi connectivity index (χ0n) is 7.13. The minimum absolute atomic E-state index is 1.02. The molecule has 1 aliphatic heterocycles. The quantitative estimate of drug-likeness (QED) is 0.545. The van der Waals surface area contributed by atoms with Gasteiger partial charge in [-0.15, -0.1) is 6.58 Å². The topological polar surface area (TPSA) is 3.24 Å². The van der Waals surface area contributed by atoms with E-state index in [1.807, 2.05) is 6.08 Å². The second-order valence-electron chi connectivity index (χ2n) is 4.05. The van der Waals surface area contributed by atoms with Gasteiger partial charge >= 0.3 is 0 Å². The lowest BCUT2D eigenvalue weighted by molar-refractivity contribution is 0.184.